The highest BCUT2D eigenvalue weighted by atomic mass is 32.2. The van der Waals surface area contributed by atoms with Gasteiger partial charge in [-0.1, -0.05) is 13.8 Å². The van der Waals surface area contributed by atoms with Crippen LogP contribution >= 0.6 is 0 Å². The Morgan fingerprint density at radius 2 is 1.75 bits per heavy atom. The Labute approximate surface area is 75.6 Å². The minimum absolute atomic E-state index is 0.392. The molecule has 0 amide bonds. The summed E-state index contributed by atoms with van der Waals surface area (Å²) in [6, 6.07) is 0. The molecular formula is C8H19NO2S. The fourth-order valence-corrected chi connectivity index (χ4v) is 2.47. The highest BCUT2D eigenvalue weighted by molar-refractivity contribution is 7.90. The fourth-order valence-electron chi connectivity index (χ4n) is 1.37. The van der Waals surface area contributed by atoms with Gasteiger partial charge in [0.1, 0.15) is 0 Å². The molecule has 1 N–H and O–H groups in total. The zero-order chi connectivity index (χ0) is 9.99. The van der Waals surface area contributed by atoms with Crippen LogP contribution in [-0.4, -0.2) is 20.2 Å². The lowest BCUT2D eigenvalue weighted by Gasteiger charge is -2.25. The molecule has 0 fully saturated rings. The molecule has 0 spiro atoms. The first-order valence-corrected chi connectivity index (χ1v) is 5.64. The van der Waals surface area contributed by atoms with Crippen LogP contribution in [0, 0.1) is 5.92 Å². The number of hydrogen-bond donors (Lipinski definition) is 1. The lowest BCUT2D eigenvalue weighted by Crippen LogP contribution is -2.40. The Morgan fingerprint density at radius 3 is 2.00 bits per heavy atom. The van der Waals surface area contributed by atoms with Gasteiger partial charge in [0.2, 0.25) is 10.0 Å². The molecule has 0 radical (unpaired) electrons. The average molecular weight is 193 g/mol. The summed E-state index contributed by atoms with van der Waals surface area (Å²) in [5.74, 6) is 0.392. The second kappa shape index (κ2) is 3.75. The molecule has 12 heavy (non-hydrogen) atoms. The molecule has 0 aromatic rings. The second-order valence-corrected chi connectivity index (χ2v) is 6.59. The standard InChI is InChI=1S/C8H19NO2S/c1-7(2)6-8(3,4)12(10,11)9-5/h7,9H,6H2,1-5H3. The summed E-state index contributed by atoms with van der Waals surface area (Å²) in [6.45, 7) is 7.54. The van der Waals surface area contributed by atoms with Gasteiger partial charge in [-0.3, -0.25) is 0 Å². The molecule has 0 saturated carbocycles. The van der Waals surface area contributed by atoms with Crippen LogP contribution in [0.2, 0.25) is 0 Å². The third kappa shape index (κ3) is 2.75. The molecule has 0 bridgehead atoms. The maximum Gasteiger partial charge on any atom is 0.216 e. The average Bonchev–Trinajstić information content (AvgIpc) is 1.84. The lowest BCUT2D eigenvalue weighted by atomic mass is 10.0. The number of nitrogens with one attached hydrogen (secondary N) is 1. The third-order valence-electron chi connectivity index (χ3n) is 1.90. The van der Waals surface area contributed by atoms with Gasteiger partial charge in [0.05, 0.1) is 4.75 Å². The van der Waals surface area contributed by atoms with Crippen LogP contribution < -0.4 is 4.72 Å². The molecule has 0 aliphatic carbocycles. The molecule has 0 unspecified atom stereocenters. The molecule has 0 aromatic carbocycles. The third-order valence-corrected chi connectivity index (χ3v) is 4.06. The van der Waals surface area contributed by atoms with Gasteiger partial charge >= 0.3 is 0 Å². The molecule has 74 valence electrons. The molecule has 0 aliphatic heterocycles. The van der Waals surface area contributed by atoms with E-state index in [1.54, 1.807) is 13.8 Å². The Hall–Kier alpha value is -0.0900. The Morgan fingerprint density at radius 1 is 1.33 bits per heavy atom. The summed E-state index contributed by atoms with van der Waals surface area (Å²) in [6.07, 6.45) is 0.677. The quantitative estimate of drug-likeness (QED) is 0.732. The van der Waals surface area contributed by atoms with Gasteiger partial charge in [-0.25, -0.2) is 13.1 Å². The monoisotopic (exact) mass is 193 g/mol. The van der Waals surface area contributed by atoms with E-state index in [-0.39, 0.29) is 0 Å². The zero-order valence-electron chi connectivity index (χ0n) is 8.51. The van der Waals surface area contributed by atoms with E-state index in [1.807, 2.05) is 13.8 Å². The first-order chi connectivity index (χ1) is 5.23. The zero-order valence-corrected chi connectivity index (χ0v) is 9.33. The van der Waals surface area contributed by atoms with Gasteiger partial charge in [-0.2, -0.15) is 0 Å². The molecule has 3 nitrogen and oxygen atoms in total. The van der Waals surface area contributed by atoms with E-state index in [0.29, 0.717) is 12.3 Å². The van der Waals surface area contributed by atoms with Crippen LogP contribution in [0.4, 0.5) is 0 Å². The second-order valence-electron chi connectivity index (χ2n) is 4.07. The van der Waals surface area contributed by atoms with Crippen LogP contribution in [0.1, 0.15) is 34.1 Å². The fraction of sp³-hybridized carbons (Fsp3) is 1.00. The summed E-state index contributed by atoms with van der Waals surface area (Å²) in [5.41, 5.74) is 0. The summed E-state index contributed by atoms with van der Waals surface area (Å²) >= 11 is 0. The predicted octanol–water partition coefficient (Wildman–Crippen LogP) is 1.36. The molecule has 0 rings (SSSR count). The minimum Gasteiger partial charge on any atom is -0.218 e. The highest BCUT2D eigenvalue weighted by Gasteiger charge is 2.33. The minimum atomic E-state index is -3.14. The molecular weight excluding hydrogens is 174 g/mol. The van der Waals surface area contributed by atoms with Crippen molar-refractivity contribution in [3.05, 3.63) is 0 Å². The van der Waals surface area contributed by atoms with Crippen molar-refractivity contribution in [3.8, 4) is 0 Å². The van der Waals surface area contributed by atoms with Gasteiger partial charge in [-0.05, 0) is 33.2 Å². The van der Waals surface area contributed by atoms with Crippen molar-refractivity contribution in [2.45, 2.75) is 38.9 Å². The highest BCUT2D eigenvalue weighted by Crippen LogP contribution is 2.23. The number of sulfonamides is 1. The van der Waals surface area contributed by atoms with Crippen molar-refractivity contribution in [2.24, 2.45) is 5.92 Å². The number of rotatable bonds is 4. The SMILES string of the molecule is CNS(=O)(=O)C(C)(C)CC(C)C. The summed E-state index contributed by atoms with van der Waals surface area (Å²) in [4.78, 5) is 0. The van der Waals surface area contributed by atoms with Crippen molar-refractivity contribution in [1.82, 2.24) is 4.72 Å². The van der Waals surface area contributed by atoms with E-state index in [0.717, 1.165) is 0 Å². The maximum atomic E-state index is 11.4. The molecule has 0 saturated heterocycles. The largest absolute Gasteiger partial charge is 0.218 e. The van der Waals surface area contributed by atoms with E-state index in [1.165, 1.54) is 7.05 Å². The van der Waals surface area contributed by atoms with Crippen LogP contribution in [0.25, 0.3) is 0 Å². The van der Waals surface area contributed by atoms with Crippen molar-refractivity contribution >= 4 is 10.0 Å². The topological polar surface area (TPSA) is 46.2 Å². The molecule has 0 heterocycles. The van der Waals surface area contributed by atoms with Crippen molar-refractivity contribution in [2.75, 3.05) is 7.05 Å². The summed E-state index contributed by atoms with van der Waals surface area (Å²) in [5, 5.41) is 0. The Balaban J connectivity index is 4.62. The number of hydrogen-bond acceptors (Lipinski definition) is 2. The summed E-state index contributed by atoms with van der Waals surface area (Å²) < 4.78 is 24.6. The maximum absolute atomic E-state index is 11.4. The molecule has 0 atom stereocenters. The van der Waals surface area contributed by atoms with Gasteiger partial charge in [0.15, 0.2) is 0 Å². The van der Waals surface area contributed by atoms with Crippen LogP contribution in [-0.2, 0) is 10.0 Å². The van der Waals surface area contributed by atoms with Crippen molar-refractivity contribution in [1.29, 1.82) is 0 Å². The normalized spacial score (nSPS) is 13.8. The van der Waals surface area contributed by atoms with Gasteiger partial charge < -0.3 is 0 Å². The van der Waals surface area contributed by atoms with E-state index < -0.39 is 14.8 Å². The van der Waals surface area contributed by atoms with E-state index >= 15 is 0 Å². The first-order valence-electron chi connectivity index (χ1n) is 4.16. The van der Waals surface area contributed by atoms with Crippen LogP contribution in [0.5, 0.6) is 0 Å². The van der Waals surface area contributed by atoms with Gasteiger partial charge in [0.25, 0.3) is 0 Å². The van der Waals surface area contributed by atoms with Gasteiger partial charge in [-0.15, -0.1) is 0 Å². The van der Waals surface area contributed by atoms with Crippen molar-refractivity contribution in [3.63, 3.8) is 0 Å². The van der Waals surface area contributed by atoms with Crippen LogP contribution in [0.3, 0.4) is 0 Å². The lowest BCUT2D eigenvalue weighted by molar-refractivity contribution is 0.459. The van der Waals surface area contributed by atoms with Crippen molar-refractivity contribution < 1.29 is 8.42 Å². The first kappa shape index (κ1) is 11.9. The van der Waals surface area contributed by atoms with Crippen LogP contribution in [0.15, 0.2) is 0 Å². The van der Waals surface area contributed by atoms with E-state index in [4.69, 9.17) is 0 Å². The smallest absolute Gasteiger partial charge is 0.216 e. The molecule has 0 aliphatic rings. The Bertz CT molecular complexity index is 229. The predicted molar refractivity (Wildman–Crippen MR) is 51.5 cm³/mol. The van der Waals surface area contributed by atoms with E-state index in [9.17, 15) is 8.42 Å². The molecule has 0 aromatic heterocycles. The van der Waals surface area contributed by atoms with Gasteiger partial charge in [0, 0.05) is 0 Å². The van der Waals surface area contributed by atoms with E-state index in [2.05, 4.69) is 4.72 Å². The summed E-state index contributed by atoms with van der Waals surface area (Å²) in [7, 11) is -1.69. The molecule has 4 heteroatoms. The Kier molecular flexibility index (Phi) is 3.72.